The van der Waals surface area contributed by atoms with Crippen molar-refractivity contribution >= 4 is 23.3 Å². The van der Waals surface area contributed by atoms with Crippen molar-refractivity contribution in [3.05, 3.63) is 20.4 Å². The third kappa shape index (κ3) is 30.3. The highest BCUT2D eigenvalue weighted by atomic mass is 16.5. The summed E-state index contributed by atoms with van der Waals surface area (Å²) >= 11 is 0. The Labute approximate surface area is 375 Å². The molecule has 0 atom stereocenters. The third-order valence-electron chi connectivity index (χ3n) is 12.7. The van der Waals surface area contributed by atoms with Crippen molar-refractivity contribution in [3.63, 3.8) is 0 Å². The van der Waals surface area contributed by atoms with Crippen molar-refractivity contribution in [2.75, 3.05) is 57.1 Å². The molecule has 61 heavy (non-hydrogen) atoms. The van der Waals surface area contributed by atoms with Crippen LogP contribution in [-0.4, -0.2) is 63.3 Å². The van der Waals surface area contributed by atoms with Gasteiger partial charge in [0.15, 0.2) is 0 Å². The number of carbonyl (C=O) groups is 2. The Kier molecular flexibility index (Phi) is 37.4. The molecule has 0 saturated carbocycles. The average Bonchev–Trinajstić information content (AvgIpc) is 3.26. The number of carbonyl (C=O) groups excluding carboxylic acids is 2. The van der Waals surface area contributed by atoms with Gasteiger partial charge < -0.3 is 25.0 Å². The van der Waals surface area contributed by atoms with E-state index in [9.17, 15) is 19.2 Å². The summed E-state index contributed by atoms with van der Waals surface area (Å²) in [5.74, 6) is 1.49. The smallest absolute Gasteiger partial charge is 0.305 e. The number of ether oxygens (including phenoxy) is 2. The molecule has 0 heterocycles. The maximum absolute atomic E-state index is 12.4. The lowest BCUT2D eigenvalue weighted by Crippen LogP contribution is -2.37. The van der Waals surface area contributed by atoms with Gasteiger partial charge in [-0.15, -0.1) is 0 Å². The predicted octanol–water partition coefficient (Wildman–Crippen LogP) is 13.3. The van der Waals surface area contributed by atoms with Crippen LogP contribution in [0, 0.1) is 11.8 Å². The highest BCUT2D eigenvalue weighted by Crippen LogP contribution is 2.24. The maximum atomic E-state index is 12.4. The van der Waals surface area contributed by atoms with Gasteiger partial charge in [-0.1, -0.05) is 169 Å². The zero-order chi connectivity index (χ0) is 44.6. The lowest BCUT2D eigenvalue weighted by molar-refractivity contribution is -0.144. The second-order valence-corrected chi connectivity index (χ2v) is 18.3. The van der Waals surface area contributed by atoms with Crippen LogP contribution in [0.3, 0.4) is 0 Å². The number of rotatable bonds is 46. The summed E-state index contributed by atoms with van der Waals surface area (Å²) in [7, 11) is 1.67. The van der Waals surface area contributed by atoms with Crippen molar-refractivity contribution in [1.29, 1.82) is 0 Å². The Hall–Kier alpha value is -2.42. The second-order valence-electron chi connectivity index (χ2n) is 18.3. The zero-order valence-electron chi connectivity index (χ0n) is 40.6. The molecule has 0 aliphatic rings. The second kappa shape index (κ2) is 40.4. The van der Waals surface area contributed by atoms with Crippen LogP contribution in [0.25, 0.3) is 0 Å². The SMILES string of the molecule is CCCCCC(CCCCC)CCCOC(=O)CCCCCCCN(CCCCCCCC(=O)OCCCC(CCCCC)CCCCC)CCCNc1c(NC)c(=O)c1=O. The van der Waals surface area contributed by atoms with Crippen LogP contribution in [0.1, 0.15) is 240 Å². The van der Waals surface area contributed by atoms with Crippen LogP contribution < -0.4 is 21.5 Å². The number of hydrogen-bond donors (Lipinski definition) is 2. The van der Waals surface area contributed by atoms with Gasteiger partial charge in [0, 0.05) is 26.4 Å². The molecular formula is C52H97N3O6. The van der Waals surface area contributed by atoms with E-state index in [0.717, 1.165) is 115 Å². The predicted molar refractivity (Wildman–Crippen MR) is 260 cm³/mol. The summed E-state index contributed by atoms with van der Waals surface area (Å²) in [5.41, 5.74) is -0.0610. The summed E-state index contributed by atoms with van der Waals surface area (Å²) in [6.45, 7) is 13.9. The van der Waals surface area contributed by atoms with E-state index >= 15 is 0 Å². The standard InChI is InChI=1S/C52H97N3O6/c1-6-10-20-31-45(32-21-11-7-2)35-28-43-60-47(56)37-24-16-14-18-26-40-55(42-30-39-54-50-49(53-5)51(58)52(50)59)41-27-19-15-17-25-38-48(57)61-44-29-36-46(33-22-12-8-3)34-23-13-9-4/h45-46,53-54H,6-44H2,1-5H3. The largest absolute Gasteiger partial charge is 0.466 e. The zero-order valence-corrected chi connectivity index (χ0v) is 40.6. The van der Waals surface area contributed by atoms with Crippen molar-refractivity contribution in [1.82, 2.24) is 4.90 Å². The molecule has 0 aliphatic heterocycles. The average molecular weight is 860 g/mol. The van der Waals surface area contributed by atoms with Gasteiger partial charge in [-0.05, 0) is 89.3 Å². The number of unbranched alkanes of at least 4 members (excludes halogenated alkanes) is 16. The van der Waals surface area contributed by atoms with Gasteiger partial charge in [0.25, 0.3) is 10.9 Å². The Bertz CT molecular complexity index is 1170. The molecule has 0 spiro atoms. The molecule has 2 N–H and O–H groups in total. The summed E-state index contributed by atoms with van der Waals surface area (Å²) in [4.78, 5) is 51.1. The molecule has 0 fully saturated rings. The molecule has 1 rings (SSSR count). The van der Waals surface area contributed by atoms with Crippen LogP contribution in [0.15, 0.2) is 9.59 Å². The van der Waals surface area contributed by atoms with E-state index in [1.54, 1.807) is 7.05 Å². The molecule has 1 aromatic carbocycles. The minimum atomic E-state index is -0.440. The van der Waals surface area contributed by atoms with E-state index in [1.807, 2.05) is 0 Å². The number of anilines is 2. The number of nitrogens with one attached hydrogen (secondary N) is 2. The molecule has 1 aromatic rings. The van der Waals surface area contributed by atoms with Crippen LogP contribution in [0.4, 0.5) is 11.4 Å². The lowest BCUT2D eigenvalue weighted by Gasteiger charge is -2.23. The van der Waals surface area contributed by atoms with Crippen LogP contribution >= 0.6 is 0 Å². The molecule has 9 heteroatoms. The molecule has 0 unspecified atom stereocenters. The molecular weight excluding hydrogens is 763 g/mol. The quantitative estimate of drug-likeness (QED) is 0.0376. The Morgan fingerprint density at radius 1 is 0.459 bits per heavy atom. The fraction of sp³-hybridized carbons (Fsp3) is 0.885. The normalized spacial score (nSPS) is 11.7. The minimum Gasteiger partial charge on any atom is -0.466 e. The topological polar surface area (TPSA) is 114 Å². The van der Waals surface area contributed by atoms with Crippen molar-refractivity contribution < 1.29 is 19.1 Å². The molecule has 0 bridgehead atoms. The van der Waals surface area contributed by atoms with Gasteiger partial charge in [-0.25, -0.2) is 0 Å². The van der Waals surface area contributed by atoms with E-state index < -0.39 is 10.9 Å². The summed E-state index contributed by atoms with van der Waals surface area (Å²) in [6, 6.07) is 0. The lowest BCUT2D eigenvalue weighted by atomic mass is 9.91. The van der Waals surface area contributed by atoms with Crippen LogP contribution in [0.5, 0.6) is 0 Å². The van der Waals surface area contributed by atoms with E-state index in [4.69, 9.17) is 9.47 Å². The van der Waals surface area contributed by atoms with E-state index in [2.05, 4.69) is 43.2 Å². The maximum Gasteiger partial charge on any atom is 0.305 e. The highest BCUT2D eigenvalue weighted by Gasteiger charge is 2.19. The first-order valence-electron chi connectivity index (χ1n) is 26.1. The van der Waals surface area contributed by atoms with Gasteiger partial charge >= 0.3 is 11.9 Å². The summed E-state index contributed by atoms with van der Waals surface area (Å²) < 4.78 is 11.2. The fourth-order valence-electron chi connectivity index (χ4n) is 8.78. The molecule has 9 nitrogen and oxygen atoms in total. The van der Waals surface area contributed by atoms with Crippen molar-refractivity contribution in [3.8, 4) is 0 Å². The van der Waals surface area contributed by atoms with Gasteiger partial charge in [0.05, 0.1) is 13.2 Å². The van der Waals surface area contributed by atoms with E-state index in [0.29, 0.717) is 44.0 Å². The first-order valence-corrected chi connectivity index (χ1v) is 26.1. The summed E-state index contributed by atoms with van der Waals surface area (Å²) in [6.07, 6.45) is 37.9. The first-order chi connectivity index (χ1) is 29.8. The molecule has 0 radical (unpaired) electrons. The third-order valence-corrected chi connectivity index (χ3v) is 12.7. The molecule has 0 aromatic heterocycles. The fourth-order valence-corrected chi connectivity index (χ4v) is 8.78. The van der Waals surface area contributed by atoms with Gasteiger partial charge in [-0.3, -0.25) is 19.2 Å². The number of esters is 2. The highest BCUT2D eigenvalue weighted by molar-refractivity contribution is 5.73. The monoisotopic (exact) mass is 860 g/mol. The molecule has 356 valence electrons. The van der Waals surface area contributed by atoms with Gasteiger partial charge in [0.1, 0.15) is 11.4 Å². The summed E-state index contributed by atoms with van der Waals surface area (Å²) in [5, 5.41) is 6.01. The number of hydrogen-bond acceptors (Lipinski definition) is 9. The van der Waals surface area contributed by atoms with Crippen molar-refractivity contribution in [2.24, 2.45) is 11.8 Å². The number of nitrogens with zero attached hydrogens (tertiary/aromatic N) is 1. The van der Waals surface area contributed by atoms with E-state index in [-0.39, 0.29) is 11.9 Å². The minimum absolute atomic E-state index is 0.0383. The Balaban J connectivity index is 2.31. The van der Waals surface area contributed by atoms with E-state index in [1.165, 1.54) is 116 Å². The van der Waals surface area contributed by atoms with Crippen LogP contribution in [0.2, 0.25) is 0 Å². The van der Waals surface area contributed by atoms with Gasteiger partial charge in [0.2, 0.25) is 0 Å². The molecule has 0 saturated heterocycles. The molecule has 0 amide bonds. The van der Waals surface area contributed by atoms with Crippen molar-refractivity contribution in [2.45, 2.75) is 240 Å². The first kappa shape index (κ1) is 56.6. The molecule has 0 aliphatic carbocycles. The Morgan fingerprint density at radius 2 is 0.820 bits per heavy atom. The van der Waals surface area contributed by atoms with Gasteiger partial charge in [-0.2, -0.15) is 0 Å². The Morgan fingerprint density at radius 3 is 1.23 bits per heavy atom. The van der Waals surface area contributed by atoms with Crippen LogP contribution in [-0.2, 0) is 19.1 Å².